The lowest BCUT2D eigenvalue weighted by atomic mass is 10.1. The molecule has 1 fully saturated rings. The van der Waals surface area contributed by atoms with Crippen LogP contribution in [0.3, 0.4) is 0 Å². The predicted molar refractivity (Wildman–Crippen MR) is 60.6 cm³/mol. The van der Waals surface area contributed by atoms with Gasteiger partial charge in [0, 0.05) is 6.04 Å². The van der Waals surface area contributed by atoms with Gasteiger partial charge in [-0.25, -0.2) is 4.79 Å². The van der Waals surface area contributed by atoms with Crippen LogP contribution in [0.5, 0.6) is 0 Å². The van der Waals surface area contributed by atoms with Crippen molar-refractivity contribution in [3.05, 3.63) is 12.2 Å². The van der Waals surface area contributed by atoms with E-state index in [-0.39, 0.29) is 12.0 Å². The first-order valence-corrected chi connectivity index (χ1v) is 5.73. The van der Waals surface area contributed by atoms with Gasteiger partial charge in [0.25, 0.3) is 0 Å². The van der Waals surface area contributed by atoms with Crippen molar-refractivity contribution >= 4 is 5.97 Å². The van der Waals surface area contributed by atoms with E-state index in [1.54, 1.807) is 0 Å². The van der Waals surface area contributed by atoms with Gasteiger partial charge in [0.15, 0.2) is 0 Å². The summed E-state index contributed by atoms with van der Waals surface area (Å²) in [7, 11) is 0. The summed E-state index contributed by atoms with van der Waals surface area (Å²) in [4.78, 5) is 11.6. The molecule has 86 valence electrons. The van der Waals surface area contributed by atoms with Gasteiger partial charge in [-0.05, 0) is 26.7 Å². The number of hydrogen-bond acceptors (Lipinski definition) is 3. The van der Waals surface area contributed by atoms with E-state index in [1.165, 1.54) is 12.8 Å². The van der Waals surface area contributed by atoms with Gasteiger partial charge in [0.05, 0.1) is 6.61 Å². The van der Waals surface area contributed by atoms with Gasteiger partial charge in [-0.1, -0.05) is 25.0 Å². The lowest BCUT2D eigenvalue weighted by molar-refractivity contribution is -0.144. The summed E-state index contributed by atoms with van der Waals surface area (Å²) in [6.07, 6.45) is 4.82. The Morgan fingerprint density at radius 1 is 1.53 bits per heavy atom. The van der Waals surface area contributed by atoms with Crippen LogP contribution in [0.25, 0.3) is 0 Å². The highest BCUT2D eigenvalue weighted by Crippen LogP contribution is 2.19. The molecule has 0 aliphatic heterocycles. The van der Waals surface area contributed by atoms with E-state index in [2.05, 4.69) is 11.9 Å². The molecule has 0 amide bonds. The zero-order chi connectivity index (χ0) is 11.3. The molecule has 0 bridgehead atoms. The first-order valence-electron chi connectivity index (χ1n) is 5.73. The molecule has 1 rings (SSSR count). The van der Waals surface area contributed by atoms with Crippen molar-refractivity contribution in [2.75, 3.05) is 6.61 Å². The lowest BCUT2D eigenvalue weighted by Crippen LogP contribution is -2.43. The highest BCUT2D eigenvalue weighted by atomic mass is 16.5. The molecule has 0 heterocycles. The van der Waals surface area contributed by atoms with Crippen molar-refractivity contribution in [3.8, 4) is 0 Å². The van der Waals surface area contributed by atoms with E-state index in [4.69, 9.17) is 4.74 Å². The van der Waals surface area contributed by atoms with Crippen LogP contribution < -0.4 is 5.32 Å². The monoisotopic (exact) mass is 211 g/mol. The third-order valence-corrected chi connectivity index (χ3v) is 2.77. The van der Waals surface area contributed by atoms with Crippen LogP contribution in [0, 0.1) is 0 Å². The molecule has 0 radical (unpaired) electrons. The second kappa shape index (κ2) is 5.91. The van der Waals surface area contributed by atoms with Crippen LogP contribution in [-0.2, 0) is 9.53 Å². The Labute approximate surface area is 91.9 Å². The largest absolute Gasteiger partial charge is 0.465 e. The van der Waals surface area contributed by atoms with Crippen molar-refractivity contribution in [3.63, 3.8) is 0 Å². The van der Waals surface area contributed by atoms with Crippen molar-refractivity contribution < 1.29 is 9.53 Å². The molecule has 1 aliphatic rings. The molecule has 3 nitrogen and oxygen atoms in total. The Morgan fingerprint density at radius 2 is 2.13 bits per heavy atom. The fraction of sp³-hybridized carbons (Fsp3) is 0.750. The summed E-state index contributed by atoms with van der Waals surface area (Å²) in [5.41, 5.74) is 0.834. The summed E-state index contributed by atoms with van der Waals surface area (Å²) in [6.45, 7) is 7.95. The fourth-order valence-electron chi connectivity index (χ4n) is 1.97. The van der Waals surface area contributed by atoms with E-state index in [0.29, 0.717) is 12.6 Å². The minimum atomic E-state index is -0.326. The molecule has 3 heteroatoms. The zero-order valence-electron chi connectivity index (χ0n) is 9.71. The summed E-state index contributed by atoms with van der Waals surface area (Å²) in [6, 6.07) is 0.129. The first-order chi connectivity index (χ1) is 7.15. The lowest BCUT2D eigenvalue weighted by Gasteiger charge is -2.21. The van der Waals surface area contributed by atoms with Crippen molar-refractivity contribution in [2.24, 2.45) is 0 Å². The molecule has 0 aromatic carbocycles. The molecule has 0 aromatic rings. The Hall–Kier alpha value is -0.830. The third kappa shape index (κ3) is 3.67. The van der Waals surface area contributed by atoms with E-state index >= 15 is 0 Å². The number of rotatable bonds is 5. The molecule has 0 spiro atoms. The number of nitrogens with one attached hydrogen (secondary N) is 1. The molecule has 1 saturated carbocycles. The maximum Gasteiger partial charge on any atom is 0.327 e. The van der Waals surface area contributed by atoms with Crippen LogP contribution in [0.4, 0.5) is 0 Å². The van der Waals surface area contributed by atoms with Crippen molar-refractivity contribution in [1.82, 2.24) is 5.32 Å². The van der Waals surface area contributed by atoms with E-state index in [9.17, 15) is 4.79 Å². The molecule has 0 saturated heterocycles. The van der Waals surface area contributed by atoms with Gasteiger partial charge >= 0.3 is 5.97 Å². The molecule has 15 heavy (non-hydrogen) atoms. The highest BCUT2D eigenvalue weighted by molar-refractivity contribution is 5.79. The number of ether oxygens (including phenoxy) is 1. The Kier molecular flexibility index (Phi) is 4.82. The standard InChI is InChI=1S/C12H21NO2/c1-4-15-12(14)11(9(2)3)13-10-7-5-6-8-10/h10-11,13H,2,4-8H2,1,3H3. The van der Waals surface area contributed by atoms with E-state index in [1.807, 2.05) is 13.8 Å². The summed E-state index contributed by atoms with van der Waals surface area (Å²) >= 11 is 0. The smallest absolute Gasteiger partial charge is 0.327 e. The number of esters is 1. The molecule has 0 aromatic heterocycles. The number of carbonyl (C=O) groups excluding carboxylic acids is 1. The number of carbonyl (C=O) groups is 1. The quantitative estimate of drug-likeness (QED) is 0.558. The van der Waals surface area contributed by atoms with Gasteiger partial charge in [-0.15, -0.1) is 0 Å². The topological polar surface area (TPSA) is 38.3 Å². The summed E-state index contributed by atoms with van der Waals surface area (Å²) in [5, 5.41) is 3.33. The molecule has 1 N–H and O–H groups in total. The predicted octanol–water partition coefficient (Wildman–Crippen LogP) is 2.03. The summed E-state index contributed by atoms with van der Waals surface area (Å²) < 4.78 is 5.01. The van der Waals surface area contributed by atoms with Gasteiger partial charge in [-0.2, -0.15) is 0 Å². The van der Waals surface area contributed by atoms with Crippen LogP contribution in [0.2, 0.25) is 0 Å². The zero-order valence-corrected chi connectivity index (χ0v) is 9.71. The van der Waals surface area contributed by atoms with Crippen LogP contribution in [0.15, 0.2) is 12.2 Å². The first kappa shape index (κ1) is 12.2. The molecule has 1 atom stereocenters. The molecular weight excluding hydrogens is 190 g/mol. The second-order valence-corrected chi connectivity index (χ2v) is 4.18. The van der Waals surface area contributed by atoms with Gasteiger partial charge in [0.2, 0.25) is 0 Å². The Balaban J connectivity index is 2.49. The molecular formula is C12H21NO2. The molecule has 1 aliphatic carbocycles. The maximum absolute atomic E-state index is 11.6. The van der Waals surface area contributed by atoms with Gasteiger partial charge < -0.3 is 4.74 Å². The summed E-state index contributed by atoms with van der Waals surface area (Å²) in [5.74, 6) is -0.197. The van der Waals surface area contributed by atoms with Gasteiger partial charge in [-0.3, -0.25) is 5.32 Å². The SMILES string of the molecule is C=C(C)C(NC1CCCC1)C(=O)OCC. The Morgan fingerprint density at radius 3 is 2.60 bits per heavy atom. The third-order valence-electron chi connectivity index (χ3n) is 2.77. The van der Waals surface area contributed by atoms with Crippen molar-refractivity contribution in [2.45, 2.75) is 51.6 Å². The Bertz CT molecular complexity index is 232. The highest BCUT2D eigenvalue weighted by Gasteiger charge is 2.25. The fourth-order valence-corrected chi connectivity index (χ4v) is 1.97. The average Bonchev–Trinajstić information content (AvgIpc) is 2.66. The average molecular weight is 211 g/mol. The number of hydrogen-bond donors (Lipinski definition) is 1. The van der Waals surface area contributed by atoms with Crippen LogP contribution >= 0.6 is 0 Å². The minimum Gasteiger partial charge on any atom is -0.465 e. The van der Waals surface area contributed by atoms with Gasteiger partial charge in [0.1, 0.15) is 6.04 Å². The van der Waals surface area contributed by atoms with Crippen LogP contribution in [0.1, 0.15) is 39.5 Å². The van der Waals surface area contributed by atoms with E-state index < -0.39 is 0 Å². The maximum atomic E-state index is 11.6. The van der Waals surface area contributed by atoms with Crippen LogP contribution in [-0.4, -0.2) is 24.7 Å². The second-order valence-electron chi connectivity index (χ2n) is 4.18. The van der Waals surface area contributed by atoms with E-state index in [0.717, 1.165) is 18.4 Å². The minimum absolute atomic E-state index is 0.197. The molecule has 1 unspecified atom stereocenters. The van der Waals surface area contributed by atoms with Crippen molar-refractivity contribution in [1.29, 1.82) is 0 Å². The normalized spacial score (nSPS) is 18.8.